The molecule has 1 atom stereocenters. The Balaban J connectivity index is 1.35. The van der Waals surface area contributed by atoms with Crippen molar-refractivity contribution in [2.75, 3.05) is 6.54 Å². The second kappa shape index (κ2) is 13.5. The molecule has 0 fully saturated rings. The third-order valence-electron chi connectivity index (χ3n) is 6.73. The summed E-state index contributed by atoms with van der Waals surface area (Å²) in [4.78, 5) is 37.8. The average molecular weight is 540 g/mol. The van der Waals surface area contributed by atoms with E-state index in [9.17, 15) is 19.5 Å². The van der Waals surface area contributed by atoms with Crippen molar-refractivity contribution < 1.29 is 19.5 Å². The van der Waals surface area contributed by atoms with E-state index < -0.39 is 11.9 Å². The zero-order valence-corrected chi connectivity index (χ0v) is 22.2. The fourth-order valence-electron chi connectivity index (χ4n) is 4.50. The summed E-state index contributed by atoms with van der Waals surface area (Å²) in [7, 11) is 0. The first-order chi connectivity index (χ1) is 18.9. The van der Waals surface area contributed by atoms with E-state index in [-0.39, 0.29) is 24.5 Å². The molecule has 0 radical (unpaired) electrons. The highest BCUT2D eigenvalue weighted by Gasteiger charge is 2.23. The van der Waals surface area contributed by atoms with Crippen LogP contribution in [0, 0.1) is 5.92 Å². The Morgan fingerprint density at radius 3 is 2.03 bits per heavy atom. The molecule has 0 saturated heterocycles. The Kier molecular flexibility index (Phi) is 9.65. The minimum atomic E-state index is -1.02. The molecule has 6 heteroatoms. The SMILES string of the molecule is O=C(CC(CCc1ccccc1C(=O)NCCc1ccccc1)C(=O)O)c1ccc(-c2ccc(Cl)cc2)cc1. The molecule has 5 nitrogen and oxygen atoms in total. The van der Waals surface area contributed by atoms with Gasteiger partial charge < -0.3 is 10.4 Å². The van der Waals surface area contributed by atoms with Gasteiger partial charge in [0.1, 0.15) is 0 Å². The number of aryl methyl sites for hydroxylation is 1. The maximum Gasteiger partial charge on any atom is 0.306 e. The van der Waals surface area contributed by atoms with Gasteiger partial charge >= 0.3 is 5.97 Å². The van der Waals surface area contributed by atoms with Crippen molar-refractivity contribution in [2.45, 2.75) is 25.7 Å². The van der Waals surface area contributed by atoms with Crippen LogP contribution < -0.4 is 5.32 Å². The summed E-state index contributed by atoms with van der Waals surface area (Å²) in [5.41, 5.74) is 4.82. The van der Waals surface area contributed by atoms with Gasteiger partial charge in [-0.3, -0.25) is 14.4 Å². The minimum absolute atomic E-state index is 0.110. The Bertz CT molecular complexity index is 1420. The number of hydrogen-bond acceptors (Lipinski definition) is 3. The van der Waals surface area contributed by atoms with Gasteiger partial charge in [0.15, 0.2) is 5.78 Å². The molecule has 4 rings (SSSR count). The van der Waals surface area contributed by atoms with Crippen LogP contribution in [0.3, 0.4) is 0 Å². The second-order valence-electron chi connectivity index (χ2n) is 9.43. The predicted octanol–water partition coefficient (Wildman–Crippen LogP) is 6.89. The van der Waals surface area contributed by atoms with Crippen LogP contribution in [-0.4, -0.2) is 29.3 Å². The summed E-state index contributed by atoms with van der Waals surface area (Å²) < 4.78 is 0. The molecule has 0 bridgehead atoms. The third kappa shape index (κ3) is 7.88. The summed E-state index contributed by atoms with van der Waals surface area (Å²) in [5, 5.41) is 13.4. The number of benzene rings is 4. The van der Waals surface area contributed by atoms with Crippen LogP contribution in [0.5, 0.6) is 0 Å². The zero-order valence-electron chi connectivity index (χ0n) is 21.5. The summed E-state index contributed by atoms with van der Waals surface area (Å²) >= 11 is 5.96. The van der Waals surface area contributed by atoms with Gasteiger partial charge in [0.25, 0.3) is 5.91 Å². The number of halogens is 1. The molecular weight excluding hydrogens is 510 g/mol. The molecule has 1 unspecified atom stereocenters. The topological polar surface area (TPSA) is 83.5 Å². The number of carbonyl (C=O) groups is 3. The Labute approximate surface area is 233 Å². The standard InChI is InChI=1S/C33H30ClNO4/c34-29-18-16-25(17-19-29)24-10-13-27(14-11-24)31(36)22-28(33(38)39)15-12-26-8-4-5-9-30(26)32(37)35-21-20-23-6-2-1-3-7-23/h1-11,13-14,16-19,28H,12,15,20-22H2,(H,35,37)(H,38,39). The number of carbonyl (C=O) groups excluding carboxylic acids is 2. The molecule has 0 heterocycles. The van der Waals surface area contributed by atoms with E-state index in [1.165, 1.54) is 0 Å². The van der Waals surface area contributed by atoms with E-state index in [0.29, 0.717) is 29.1 Å². The molecule has 0 aliphatic heterocycles. The van der Waals surface area contributed by atoms with E-state index in [0.717, 1.165) is 28.7 Å². The van der Waals surface area contributed by atoms with Gasteiger partial charge in [0, 0.05) is 29.1 Å². The molecule has 39 heavy (non-hydrogen) atoms. The van der Waals surface area contributed by atoms with Crippen LogP contribution in [0.25, 0.3) is 11.1 Å². The number of carboxylic acids is 1. The van der Waals surface area contributed by atoms with Gasteiger partial charge in [-0.05, 0) is 59.7 Å². The normalized spacial score (nSPS) is 11.5. The number of ketones is 1. The Hall–Kier alpha value is -4.22. The summed E-state index contributed by atoms with van der Waals surface area (Å²) in [6.45, 7) is 0.500. The number of Topliss-reactive ketones (excluding diaryl/α,β-unsaturated/α-hetero) is 1. The molecule has 2 N–H and O–H groups in total. The van der Waals surface area contributed by atoms with Crippen LogP contribution in [0.2, 0.25) is 5.02 Å². The number of carboxylic acid groups (broad SMARTS) is 1. The van der Waals surface area contributed by atoms with Crippen molar-refractivity contribution in [1.29, 1.82) is 0 Å². The number of rotatable bonds is 12. The molecule has 0 saturated carbocycles. The van der Waals surface area contributed by atoms with Gasteiger partial charge in [-0.25, -0.2) is 0 Å². The van der Waals surface area contributed by atoms with Gasteiger partial charge in [0.2, 0.25) is 0 Å². The lowest BCUT2D eigenvalue weighted by Crippen LogP contribution is -2.27. The second-order valence-corrected chi connectivity index (χ2v) is 9.87. The highest BCUT2D eigenvalue weighted by atomic mass is 35.5. The Morgan fingerprint density at radius 1 is 0.744 bits per heavy atom. The molecule has 1 amide bonds. The first-order valence-electron chi connectivity index (χ1n) is 12.9. The smallest absolute Gasteiger partial charge is 0.306 e. The lowest BCUT2D eigenvalue weighted by molar-refractivity contribution is -0.141. The van der Waals surface area contributed by atoms with Gasteiger partial charge in [-0.15, -0.1) is 0 Å². The van der Waals surface area contributed by atoms with E-state index in [1.54, 1.807) is 36.4 Å². The van der Waals surface area contributed by atoms with Crippen molar-refractivity contribution in [1.82, 2.24) is 5.32 Å². The first-order valence-corrected chi connectivity index (χ1v) is 13.3. The molecular formula is C33H30ClNO4. The maximum atomic E-state index is 12.9. The Morgan fingerprint density at radius 2 is 1.36 bits per heavy atom. The minimum Gasteiger partial charge on any atom is -0.481 e. The van der Waals surface area contributed by atoms with Crippen LogP contribution in [0.15, 0.2) is 103 Å². The zero-order chi connectivity index (χ0) is 27.6. The lowest BCUT2D eigenvalue weighted by Gasteiger charge is -2.14. The number of nitrogens with one attached hydrogen (secondary N) is 1. The molecule has 198 valence electrons. The number of hydrogen-bond donors (Lipinski definition) is 2. The summed E-state index contributed by atoms with van der Waals surface area (Å²) in [6.07, 6.45) is 1.24. The van der Waals surface area contributed by atoms with E-state index in [4.69, 9.17) is 11.6 Å². The van der Waals surface area contributed by atoms with Crippen LogP contribution in [0.4, 0.5) is 0 Å². The summed E-state index contributed by atoms with van der Waals surface area (Å²) in [6, 6.07) is 31.7. The van der Waals surface area contributed by atoms with Crippen LogP contribution in [-0.2, 0) is 17.6 Å². The van der Waals surface area contributed by atoms with Crippen LogP contribution >= 0.6 is 11.6 Å². The summed E-state index contributed by atoms with van der Waals surface area (Å²) in [5.74, 6) is -2.30. The lowest BCUT2D eigenvalue weighted by atomic mass is 9.90. The van der Waals surface area contributed by atoms with Crippen molar-refractivity contribution in [3.63, 3.8) is 0 Å². The highest BCUT2D eigenvalue weighted by molar-refractivity contribution is 6.30. The maximum absolute atomic E-state index is 12.9. The van der Waals surface area contributed by atoms with E-state index in [2.05, 4.69) is 5.32 Å². The molecule has 4 aromatic carbocycles. The van der Waals surface area contributed by atoms with Crippen LogP contribution in [0.1, 0.15) is 44.7 Å². The number of amides is 1. The predicted molar refractivity (Wildman–Crippen MR) is 154 cm³/mol. The average Bonchev–Trinajstić information content (AvgIpc) is 2.96. The quantitative estimate of drug-likeness (QED) is 0.192. The highest BCUT2D eigenvalue weighted by Crippen LogP contribution is 2.24. The molecule has 4 aromatic rings. The van der Waals surface area contributed by atoms with Crippen molar-refractivity contribution in [3.8, 4) is 11.1 Å². The van der Waals surface area contributed by atoms with Gasteiger partial charge in [0.05, 0.1) is 5.92 Å². The van der Waals surface area contributed by atoms with Gasteiger partial charge in [-0.1, -0.05) is 96.5 Å². The molecule has 0 spiro atoms. The van der Waals surface area contributed by atoms with E-state index >= 15 is 0 Å². The fourth-order valence-corrected chi connectivity index (χ4v) is 4.62. The number of aliphatic carboxylic acids is 1. The van der Waals surface area contributed by atoms with Gasteiger partial charge in [-0.2, -0.15) is 0 Å². The largest absolute Gasteiger partial charge is 0.481 e. The van der Waals surface area contributed by atoms with Crippen molar-refractivity contribution >= 4 is 29.3 Å². The third-order valence-corrected chi connectivity index (χ3v) is 6.98. The monoisotopic (exact) mass is 539 g/mol. The molecule has 0 aliphatic carbocycles. The molecule has 0 aliphatic rings. The first kappa shape index (κ1) is 27.8. The fraction of sp³-hybridized carbons (Fsp3) is 0.182. The van der Waals surface area contributed by atoms with Crippen molar-refractivity contribution in [3.05, 3.63) is 130 Å². The van der Waals surface area contributed by atoms with E-state index in [1.807, 2.05) is 66.7 Å². The molecule has 0 aromatic heterocycles. The van der Waals surface area contributed by atoms with Crippen molar-refractivity contribution in [2.24, 2.45) is 5.92 Å².